The Kier molecular flexibility index (Phi) is 4.11. The van der Waals surface area contributed by atoms with Crippen LogP contribution in [0, 0.1) is 0 Å². The van der Waals surface area contributed by atoms with E-state index in [1.54, 1.807) is 38.1 Å². The lowest BCUT2D eigenvalue weighted by Crippen LogP contribution is -2.31. The molecule has 0 spiro atoms. The van der Waals surface area contributed by atoms with Crippen LogP contribution >= 0.6 is 15.9 Å². The summed E-state index contributed by atoms with van der Waals surface area (Å²) in [7, 11) is 0. The SMILES string of the molecule is CC(C)(Br)C(=O)Nc1cccc(NC(N)=O)c1. The van der Waals surface area contributed by atoms with Gasteiger partial charge in [-0.05, 0) is 32.0 Å². The lowest BCUT2D eigenvalue weighted by Gasteiger charge is -2.16. The number of nitrogens with two attached hydrogens (primary N) is 1. The first-order valence-corrected chi connectivity index (χ1v) is 5.75. The number of rotatable bonds is 3. The number of hydrogen-bond donors (Lipinski definition) is 3. The molecular weight excluding hydrogens is 286 g/mol. The second kappa shape index (κ2) is 5.18. The summed E-state index contributed by atoms with van der Waals surface area (Å²) in [5.41, 5.74) is 6.12. The highest BCUT2D eigenvalue weighted by Crippen LogP contribution is 2.20. The molecule has 17 heavy (non-hydrogen) atoms. The predicted molar refractivity (Wildman–Crippen MR) is 71.3 cm³/mol. The Balaban J connectivity index is 2.79. The van der Waals surface area contributed by atoms with Gasteiger partial charge in [0.15, 0.2) is 0 Å². The Labute approximate surface area is 108 Å². The summed E-state index contributed by atoms with van der Waals surface area (Å²) in [6.45, 7) is 3.49. The number of urea groups is 1. The second-order valence-corrected chi connectivity index (χ2v) is 5.98. The summed E-state index contributed by atoms with van der Waals surface area (Å²) >= 11 is 3.26. The molecule has 0 saturated heterocycles. The topological polar surface area (TPSA) is 84.2 Å². The van der Waals surface area contributed by atoms with E-state index in [9.17, 15) is 9.59 Å². The number of hydrogen-bond acceptors (Lipinski definition) is 2. The van der Waals surface area contributed by atoms with Gasteiger partial charge in [-0.15, -0.1) is 0 Å². The molecule has 0 aromatic heterocycles. The highest BCUT2D eigenvalue weighted by Gasteiger charge is 2.23. The Hall–Kier alpha value is -1.56. The van der Waals surface area contributed by atoms with Crippen LogP contribution in [0.4, 0.5) is 16.2 Å². The van der Waals surface area contributed by atoms with Crippen LogP contribution < -0.4 is 16.4 Å². The van der Waals surface area contributed by atoms with Crippen molar-refractivity contribution in [2.45, 2.75) is 18.2 Å². The maximum atomic E-state index is 11.7. The molecule has 4 N–H and O–H groups in total. The Bertz CT molecular complexity index is 441. The fraction of sp³-hybridized carbons (Fsp3) is 0.273. The first kappa shape index (κ1) is 13.5. The van der Waals surface area contributed by atoms with Crippen molar-refractivity contribution in [3.8, 4) is 0 Å². The molecule has 1 aromatic rings. The van der Waals surface area contributed by atoms with Gasteiger partial charge in [0.25, 0.3) is 0 Å². The van der Waals surface area contributed by atoms with E-state index in [4.69, 9.17) is 5.73 Å². The molecule has 0 heterocycles. The van der Waals surface area contributed by atoms with E-state index in [1.165, 1.54) is 0 Å². The van der Waals surface area contributed by atoms with Crippen molar-refractivity contribution in [2.24, 2.45) is 5.73 Å². The number of anilines is 2. The standard InChI is InChI=1S/C11H14BrN3O2/c1-11(2,12)9(16)14-7-4-3-5-8(6-7)15-10(13)17/h3-6H,1-2H3,(H,14,16)(H3,13,15,17). The first-order chi connectivity index (χ1) is 7.79. The van der Waals surface area contributed by atoms with Gasteiger partial charge in [-0.2, -0.15) is 0 Å². The zero-order valence-electron chi connectivity index (χ0n) is 9.58. The van der Waals surface area contributed by atoms with Crippen molar-refractivity contribution in [3.05, 3.63) is 24.3 Å². The molecule has 0 aliphatic rings. The summed E-state index contributed by atoms with van der Waals surface area (Å²) in [6, 6.07) is 6.10. The number of amides is 3. The van der Waals surface area contributed by atoms with E-state index in [0.29, 0.717) is 11.4 Å². The first-order valence-electron chi connectivity index (χ1n) is 4.96. The molecule has 0 aliphatic carbocycles. The van der Waals surface area contributed by atoms with Gasteiger partial charge in [-0.1, -0.05) is 22.0 Å². The number of alkyl halides is 1. The zero-order chi connectivity index (χ0) is 13.1. The maximum Gasteiger partial charge on any atom is 0.316 e. The summed E-state index contributed by atoms with van der Waals surface area (Å²) in [4.78, 5) is 22.4. The largest absolute Gasteiger partial charge is 0.351 e. The summed E-state index contributed by atoms with van der Waals surface area (Å²) in [5.74, 6) is -0.172. The van der Waals surface area contributed by atoms with E-state index in [0.717, 1.165) is 0 Å². The van der Waals surface area contributed by atoms with Crippen LogP contribution in [0.15, 0.2) is 24.3 Å². The average Bonchev–Trinajstić information content (AvgIpc) is 2.15. The van der Waals surface area contributed by atoms with Crippen LogP contribution in [0.2, 0.25) is 0 Å². The number of carbonyl (C=O) groups excluding carboxylic acids is 2. The van der Waals surface area contributed by atoms with Gasteiger partial charge >= 0.3 is 6.03 Å². The Morgan fingerprint density at radius 1 is 1.24 bits per heavy atom. The van der Waals surface area contributed by atoms with Crippen molar-refractivity contribution in [2.75, 3.05) is 10.6 Å². The molecule has 1 rings (SSSR count). The van der Waals surface area contributed by atoms with Gasteiger partial charge in [0.05, 0.1) is 4.32 Å². The Morgan fingerprint density at radius 2 is 1.76 bits per heavy atom. The predicted octanol–water partition coefficient (Wildman–Crippen LogP) is 2.29. The highest BCUT2D eigenvalue weighted by molar-refractivity contribution is 9.10. The summed E-state index contributed by atoms with van der Waals surface area (Å²) in [6.07, 6.45) is 0. The van der Waals surface area contributed by atoms with Gasteiger partial charge < -0.3 is 16.4 Å². The second-order valence-electron chi connectivity index (χ2n) is 4.00. The van der Waals surface area contributed by atoms with E-state index < -0.39 is 10.4 Å². The van der Waals surface area contributed by atoms with Crippen LogP contribution in [0.1, 0.15) is 13.8 Å². The molecule has 0 saturated carbocycles. The number of primary amides is 1. The molecule has 1 aromatic carbocycles. The fourth-order valence-electron chi connectivity index (χ4n) is 1.10. The fourth-order valence-corrected chi connectivity index (χ4v) is 1.20. The molecule has 92 valence electrons. The lowest BCUT2D eigenvalue weighted by molar-refractivity contribution is -0.117. The lowest BCUT2D eigenvalue weighted by atomic mass is 10.2. The normalized spacial score (nSPS) is 10.8. The molecule has 0 radical (unpaired) electrons. The molecular formula is C11H14BrN3O2. The van der Waals surface area contributed by atoms with Crippen molar-refractivity contribution < 1.29 is 9.59 Å². The third-order valence-electron chi connectivity index (χ3n) is 1.93. The minimum atomic E-state index is -0.653. The third-order valence-corrected chi connectivity index (χ3v) is 2.29. The minimum Gasteiger partial charge on any atom is -0.351 e. The van der Waals surface area contributed by atoms with E-state index in [2.05, 4.69) is 26.6 Å². The molecule has 5 nitrogen and oxygen atoms in total. The van der Waals surface area contributed by atoms with Crippen LogP contribution in [0.5, 0.6) is 0 Å². The molecule has 3 amide bonds. The quantitative estimate of drug-likeness (QED) is 0.748. The van der Waals surface area contributed by atoms with Crippen molar-refractivity contribution in [1.29, 1.82) is 0 Å². The van der Waals surface area contributed by atoms with Gasteiger partial charge in [0.1, 0.15) is 0 Å². The van der Waals surface area contributed by atoms with Gasteiger partial charge in [0, 0.05) is 11.4 Å². The Morgan fingerprint density at radius 3 is 2.24 bits per heavy atom. The van der Waals surface area contributed by atoms with Crippen molar-refractivity contribution in [3.63, 3.8) is 0 Å². The van der Waals surface area contributed by atoms with Gasteiger partial charge in [0.2, 0.25) is 5.91 Å². The number of benzene rings is 1. The average molecular weight is 300 g/mol. The van der Waals surface area contributed by atoms with E-state index >= 15 is 0 Å². The highest BCUT2D eigenvalue weighted by atomic mass is 79.9. The van der Waals surface area contributed by atoms with Gasteiger partial charge in [-0.3, -0.25) is 4.79 Å². The van der Waals surface area contributed by atoms with Crippen molar-refractivity contribution in [1.82, 2.24) is 0 Å². The summed E-state index contributed by atoms with van der Waals surface area (Å²) in [5, 5.41) is 5.15. The molecule has 0 unspecified atom stereocenters. The van der Waals surface area contributed by atoms with E-state index in [1.807, 2.05) is 0 Å². The zero-order valence-corrected chi connectivity index (χ0v) is 11.2. The smallest absolute Gasteiger partial charge is 0.316 e. The maximum absolute atomic E-state index is 11.7. The molecule has 0 fully saturated rings. The molecule has 0 aliphatic heterocycles. The number of carbonyl (C=O) groups is 2. The minimum absolute atomic E-state index is 0.172. The number of nitrogens with one attached hydrogen (secondary N) is 2. The van der Waals surface area contributed by atoms with Crippen LogP contribution in [-0.2, 0) is 4.79 Å². The molecule has 0 bridgehead atoms. The van der Waals surface area contributed by atoms with E-state index in [-0.39, 0.29) is 5.91 Å². The van der Waals surface area contributed by atoms with Crippen LogP contribution in [0.3, 0.4) is 0 Å². The van der Waals surface area contributed by atoms with Gasteiger partial charge in [-0.25, -0.2) is 4.79 Å². The number of halogens is 1. The monoisotopic (exact) mass is 299 g/mol. The third kappa shape index (κ3) is 4.44. The van der Waals surface area contributed by atoms with Crippen molar-refractivity contribution >= 4 is 39.2 Å². The molecule has 0 atom stereocenters. The van der Waals surface area contributed by atoms with Crippen LogP contribution in [-0.4, -0.2) is 16.3 Å². The molecule has 6 heteroatoms. The van der Waals surface area contributed by atoms with Crippen LogP contribution in [0.25, 0.3) is 0 Å². The summed E-state index contributed by atoms with van der Waals surface area (Å²) < 4.78 is -0.653.